The molecule has 1 aromatic heterocycles. The number of rotatable bonds is 4. The molecule has 2 aromatic rings. The normalized spacial score (nSPS) is 23.4. The van der Waals surface area contributed by atoms with E-state index < -0.39 is 5.60 Å². The fraction of sp³-hybridized carbons (Fsp3) is 0.565. The number of hydrogen-bond acceptors (Lipinski definition) is 3. The Balaban J connectivity index is 1.44. The average Bonchev–Trinajstić information content (AvgIpc) is 2.60. The highest BCUT2D eigenvalue weighted by Gasteiger charge is 2.32. The third-order valence-electron chi connectivity index (χ3n) is 6.67. The van der Waals surface area contributed by atoms with Gasteiger partial charge in [0.15, 0.2) is 0 Å². The molecule has 2 saturated carbocycles. The van der Waals surface area contributed by atoms with Crippen molar-refractivity contribution in [2.75, 3.05) is 0 Å². The predicted octanol–water partition coefficient (Wildman–Crippen LogP) is 5.22. The number of nitrogens with one attached hydrogen (secondary N) is 1. The molecule has 0 spiro atoms. The van der Waals surface area contributed by atoms with Crippen LogP contribution in [0.15, 0.2) is 24.4 Å². The van der Waals surface area contributed by atoms with Crippen LogP contribution in [0.4, 0.5) is 0 Å². The van der Waals surface area contributed by atoms with Crippen LogP contribution in [0, 0.1) is 5.92 Å². The lowest BCUT2D eigenvalue weighted by Gasteiger charge is -2.36. The van der Waals surface area contributed by atoms with Crippen molar-refractivity contribution in [2.45, 2.75) is 76.4 Å². The highest BCUT2D eigenvalue weighted by molar-refractivity contribution is 6.32. The monoisotopic (exact) mass is 400 g/mol. The molecule has 2 aliphatic rings. The molecule has 4 nitrogen and oxygen atoms in total. The van der Waals surface area contributed by atoms with Gasteiger partial charge in [-0.15, -0.1) is 0 Å². The zero-order chi connectivity index (χ0) is 19.9. The largest absolute Gasteiger partial charge is 0.390 e. The summed E-state index contributed by atoms with van der Waals surface area (Å²) in [5, 5.41) is 15.0. The molecule has 0 bridgehead atoms. The number of pyridine rings is 1. The number of hydrogen-bond donors (Lipinski definition) is 2. The Morgan fingerprint density at radius 2 is 1.86 bits per heavy atom. The summed E-state index contributed by atoms with van der Waals surface area (Å²) in [6, 6.07) is 6.08. The lowest BCUT2D eigenvalue weighted by molar-refractivity contribution is -0.00257. The van der Waals surface area contributed by atoms with Crippen LogP contribution in [0.1, 0.15) is 80.6 Å². The van der Waals surface area contributed by atoms with E-state index in [-0.39, 0.29) is 11.9 Å². The number of benzene rings is 1. The molecule has 0 aliphatic heterocycles. The minimum Gasteiger partial charge on any atom is -0.390 e. The second kappa shape index (κ2) is 7.64. The van der Waals surface area contributed by atoms with Gasteiger partial charge in [-0.25, -0.2) is 0 Å². The van der Waals surface area contributed by atoms with Gasteiger partial charge in [-0.2, -0.15) is 0 Å². The molecule has 0 radical (unpaired) electrons. The zero-order valence-electron chi connectivity index (χ0n) is 16.7. The molecule has 2 fully saturated rings. The number of fused-ring (bicyclic) bond motifs is 1. The number of nitrogens with zero attached hydrogens (tertiary/aromatic N) is 1. The quantitative estimate of drug-likeness (QED) is 0.739. The van der Waals surface area contributed by atoms with Gasteiger partial charge in [-0.1, -0.05) is 18.0 Å². The molecular formula is C23H29ClN2O2. The van der Waals surface area contributed by atoms with Crippen molar-refractivity contribution in [3.8, 4) is 0 Å². The fourth-order valence-electron chi connectivity index (χ4n) is 4.53. The molecule has 4 rings (SSSR count). The third-order valence-corrected chi connectivity index (χ3v) is 7.00. The first-order valence-corrected chi connectivity index (χ1v) is 10.8. The first-order chi connectivity index (χ1) is 13.3. The van der Waals surface area contributed by atoms with Gasteiger partial charge in [0.25, 0.3) is 5.91 Å². The van der Waals surface area contributed by atoms with Crippen LogP contribution in [0.25, 0.3) is 10.9 Å². The molecule has 28 heavy (non-hydrogen) atoms. The van der Waals surface area contributed by atoms with Crippen LogP contribution in [0.3, 0.4) is 0 Å². The smallest absolute Gasteiger partial charge is 0.253 e. The van der Waals surface area contributed by atoms with E-state index in [1.807, 2.05) is 26.0 Å². The number of aromatic nitrogens is 1. The highest BCUT2D eigenvalue weighted by atomic mass is 35.5. The summed E-state index contributed by atoms with van der Waals surface area (Å²) in [4.78, 5) is 17.2. The first kappa shape index (κ1) is 19.7. The van der Waals surface area contributed by atoms with Gasteiger partial charge in [0.1, 0.15) is 0 Å². The Morgan fingerprint density at radius 3 is 2.46 bits per heavy atom. The number of halogens is 1. The van der Waals surface area contributed by atoms with E-state index in [9.17, 15) is 9.90 Å². The van der Waals surface area contributed by atoms with Crippen molar-refractivity contribution < 1.29 is 9.90 Å². The Hall–Kier alpha value is -1.65. The van der Waals surface area contributed by atoms with E-state index in [1.54, 1.807) is 6.20 Å². The maximum absolute atomic E-state index is 12.7. The molecule has 1 aromatic carbocycles. The summed E-state index contributed by atoms with van der Waals surface area (Å²) in [5.41, 5.74) is 2.02. The molecule has 2 N–H and O–H groups in total. The summed E-state index contributed by atoms with van der Waals surface area (Å²) in [6.45, 7) is 3.75. The van der Waals surface area contributed by atoms with Crippen molar-refractivity contribution in [2.24, 2.45) is 5.92 Å². The van der Waals surface area contributed by atoms with Crippen molar-refractivity contribution in [1.29, 1.82) is 0 Å². The molecule has 1 heterocycles. The molecule has 1 amide bonds. The molecular weight excluding hydrogens is 372 g/mol. The SMILES string of the molecule is CC(C)(O)[C@H]1CC[C@H](NC(=O)c2cnc3cc(C4CCC4)c(Cl)cc3c2)CC1. The van der Waals surface area contributed by atoms with Crippen molar-refractivity contribution in [3.05, 3.63) is 40.5 Å². The van der Waals surface area contributed by atoms with Gasteiger partial charge < -0.3 is 10.4 Å². The van der Waals surface area contributed by atoms with Gasteiger partial charge in [0.05, 0.1) is 16.7 Å². The van der Waals surface area contributed by atoms with Gasteiger partial charge >= 0.3 is 0 Å². The zero-order valence-corrected chi connectivity index (χ0v) is 17.4. The number of amides is 1. The summed E-state index contributed by atoms with van der Waals surface area (Å²) in [6.07, 6.45) is 8.99. The van der Waals surface area contributed by atoms with Crippen molar-refractivity contribution in [1.82, 2.24) is 10.3 Å². The van der Waals surface area contributed by atoms with Gasteiger partial charge in [-0.05, 0) is 88.0 Å². The number of aliphatic hydroxyl groups is 1. The highest BCUT2D eigenvalue weighted by Crippen LogP contribution is 2.41. The van der Waals surface area contributed by atoms with E-state index in [2.05, 4.69) is 16.4 Å². The van der Waals surface area contributed by atoms with Gasteiger partial charge in [0.2, 0.25) is 0 Å². The van der Waals surface area contributed by atoms with E-state index in [0.29, 0.717) is 17.4 Å². The molecule has 0 atom stereocenters. The average molecular weight is 401 g/mol. The fourth-order valence-corrected chi connectivity index (χ4v) is 4.86. The minimum atomic E-state index is -0.644. The first-order valence-electron chi connectivity index (χ1n) is 10.4. The van der Waals surface area contributed by atoms with Crippen LogP contribution in [-0.4, -0.2) is 27.6 Å². The molecule has 5 heteroatoms. The number of carbonyl (C=O) groups excluding carboxylic acids is 1. The van der Waals surface area contributed by atoms with Crippen molar-refractivity contribution in [3.63, 3.8) is 0 Å². The van der Waals surface area contributed by atoms with E-state index in [0.717, 1.165) is 41.6 Å². The topological polar surface area (TPSA) is 62.2 Å². The standard InChI is InChI=1S/C23H29ClN2O2/c1-23(2,28)17-6-8-18(9-7-17)26-22(27)16-10-15-11-20(24)19(14-4-3-5-14)12-21(15)25-13-16/h10-14,17-18,28H,3-9H2,1-2H3,(H,26,27)/t17-,18-. The minimum absolute atomic E-state index is 0.0831. The van der Waals surface area contributed by atoms with E-state index >= 15 is 0 Å². The summed E-state index contributed by atoms with van der Waals surface area (Å²) in [5.74, 6) is 0.774. The molecule has 0 saturated heterocycles. The summed E-state index contributed by atoms with van der Waals surface area (Å²) < 4.78 is 0. The van der Waals surface area contributed by atoms with Gasteiger partial charge in [-0.3, -0.25) is 9.78 Å². The maximum atomic E-state index is 12.7. The summed E-state index contributed by atoms with van der Waals surface area (Å²) in [7, 11) is 0. The van der Waals surface area contributed by atoms with E-state index in [1.165, 1.54) is 24.8 Å². The lowest BCUT2D eigenvalue weighted by Crippen LogP contribution is -2.41. The van der Waals surface area contributed by atoms with E-state index in [4.69, 9.17) is 11.6 Å². The van der Waals surface area contributed by atoms with Crippen LogP contribution >= 0.6 is 11.6 Å². The maximum Gasteiger partial charge on any atom is 0.253 e. The Bertz CT molecular complexity index is 878. The third kappa shape index (κ3) is 4.04. The summed E-state index contributed by atoms with van der Waals surface area (Å²) >= 11 is 6.50. The number of carbonyl (C=O) groups is 1. The van der Waals surface area contributed by atoms with Crippen LogP contribution in [-0.2, 0) is 0 Å². The van der Waals surface area contributed by atoms with Crippen LogP contribution in [0.5, 0.6) is 0 Å². The Morgan fingerprint density at radius 1 is 1.14 bits per heavy atom. The van der Waals surface area contributed by atoms with Gasteiger partial charge in [0, 0.05) is 22.6 Å². The second-order valence-corrected chi connectivity index (χ2v) is 9.50. The van der Waals surface area contributed by atoms with Crippen molar-refractivity contribution >= 4 is 28.4 Å². The molecule has 150 valence electrons. The second-order valence-electron chi connectivity index (χ2n) is 9.09. The molecule has 0 unspecified atom stereocenters. The molecule has 2 aliphatic carbocycles. The Kier molecular flexibility index (Phi) is 5.36. The lowest BCUT2D eigenvalue weighted by atomic mass is 9.77. The van der Waals surface area contributed by atoms with Crippen LogP contribution < -0.4 is 5.32 Å². The predicted molar refractivity (Wildman–Crippen MR) is 113 cm³/mol. The Labute approximate surface area is 171 Å². The van der Waals surface area contributed by atoms with Crippen LogP contribution in [0.2, 0.25) is 5.02 Å².